The molecule has 0 aliphatic carbocycles. The van der Waals surface area contributed by atoms with Gasteiger partial charge in [-0.3, -0.25) is 9.69 Å². The third kappa shape index (κ3) is 6.25. The van der Waals surface area contributed by atoms with E-state index in [1.807, 2.05) is 39.5 Å². The van der Waals surface area contributed by atoms with Crippen molar-refractivity contribution in [2.45, 2.75) is 79.3 Å². The van der Waals surface area contributed by atoms with E-state index < -0.39 is 0 Å². The van der Waals surface area contributed by atoms with Crippen LogP contribution in [0, 0.1) is 13.8 Å². The van der Waals surface area contributed by atoms with Crippen LogP contribution in [0.3, 0.4) is 0 Å². The van der Waals surface area contributed by atoms with Gasteiger partial charge in [0.05, 0.1) is 17.0 Å². The van der Waals surface area contributed by atoms with Gasteiger partial charge >= 0.3 is 0 Å². The number of carbonyl (C=O) groups excluding carboxylic acids is 1. The quantitative estimate of drug-likeness (QED) is 0.824. The summed E-state index contributed by atoms with van der Waals surface area (Å²) in [7, 11) is 0. The van der Waals surface area contributed by atoms with Gasteiger partial charge in [0.15, 0.2) is 0 Å². The third-order valence-corrected chi connectivity index (χ3v) is 5.50. The van der Waals surface area contributed by atoms with Crippen LogP contribution in [0.25, 0.3) is 0 Å². The van der Waals surface area contributed by atoms with Crippen LogP contribution < -0.4 is 5.73 Å². The molecule has 0 atom stereocenters. The first-order valence-corrected chi connectivity index (χ1v) is 10.3. The van der Waals surface area contributed by atoms with Crippen LogP contribution in [0.2, 0.25) is 0 Å². The van der Waals surface area contributed by atoms with E-state index in [0.717, 1.165) is 50.3 Å². The number of nitrogens with zero attached hydrogens (tertiary/aromatic N) is 4. The van der Waals surface area contributed by atoms with Gasteiger partial charge in [0.2, 0.25) is 0 Å². The molecule has 1 aromatic rings. The van der Waals surface area contributed by atoms with Crippen molar-refractivity contribution in [2.75, 3.05) is 26.2 Å². The van der Waals surface area contributed by atoms with Crippen molar-refractivity contribution in [3.8, 4) is 0 Å². The highest BCUT2D eigenvalue weighted by Gasteiger charge is 2.31. The maximum absolute atomic E-state index is 13.0. The molecule has 1 amide bonds. The van der Waals surface area contributed by atoms with E-state index in [-0.39, 0.29) is 11.4 Å². The summed E-state index contributed by atoms with van der Waals surface area (Å²) < 4.78 is 0. The van der Waals surface area contributed by atoms with E-state index in [4.69, 9.17) is 5.73 Å². The molecule has 154 valence electrons. The van der Waals surface area contributed by atoms with Gasteiger partial charge in [-0.25, -0.2) is 9.97 Å². The molecule has 0 saturated carbocycles. The fourth-order valence-electron chi connectivity index (χ4n) is 3.54. The summed E-state index contributed by atoms with van der Waals surface area (Å²) in [5, 5.41) is 0. The van der Waals surface area contributed by atoms with Gasteiger partial charge in [-0.2, -0.15) is 0 Å². The minimum absolute atomic E-state index is 0.0366. The van der Waals surface area contributed by atoms with E-state index >= 15 is 0 Å². The standard InChI is InChI=1S/C19H33N5O.C2H6/c1-6-23(18(25)17-14(2)21-13-22-15(17)3)12-9-19(4,5)24-10-7-16(20)8-11-24;1-2/h13,16H,6-12,20H2,1-5H3;1-2H3. The van der Waals surface area contributed by atoms with E-state index in [1.54, 1.807) is 0 Å². The van der Waals surface area contributed by atoms with Crippen LogP contribution in [-0.4, -0.2) is 63.4 Å². The molecule has 0 spiro atoms. The number of aryl methyl sites for hydroxylation is 2. The summed E-state index contributed by atoms with van der Waals surface area (Å²) in [5.41, 5.74) is 8.23. The molecule has 6 nitrogen and oxygen atoms in total. The zero-order valence-electron chi connectivity index (χ0n) is 18.4. The van der Waals surface area contributed by atoms with Crippen LogP contribution in [0.15, 0.2) is 6.33 Å². The van der Waals surface area contributed by atoms with Crippen LogP contribution >= 0.6 is 0 Å². The Morgan fingerprint density at radius 2 is 1.74 bits per heavy atom. The monoisotopic (exact) mass is 377 g/mol. The Morgan fingerprint density at radius 1 is 1.22 bits per heavy atom. The lowest BCUT2D eigenvalue weighted by atomic mass is 9.93. The van der Waals surface area contributed by atoms with E-state index in [9.17, 15) is 4.79 Å². The summed E-state index contributed by atoms with van der Waals surface area (Å²) in [5.74, 6) is 0.0366. The van der Waals surface area contributed by atoms with Gasteiger partial charge in [0.25, 0.3) is 5.91 Å². The Labute approximate surface area is 165 Å². The third-order valence-electron chi connectivity index (χ3n) is 5.50. The van der Waals surface area contributed by atoms with Crippen molar-refractivity contribution in [2.24, 2.45) is 5.73 Å². The molecule has 1 aliphatic rings. The van der Waals surface area contributed by atoms with Gasteiger partial charge < -0.3 is 10.6 Å². The second kappa shape index (κ2) is 10.7. The highest BCUT2D eigenvalue weighted by molar-refractivity contribution is 5.96. The lowest BCUT2D eigenvalue weighted by Crippen LogP contribution is -2.52. The SMILES string of the molecule is CC.CCN(CCC(C)(C)N1CCC(N)CC1)C(=O)c1c(C)ncnc1C. The van der Waals surface area contributed by atoms with Gasteiger partial charge in [0.1, 0.15) is 6.33 Å². The Morgan fingerprint density at radius 3 is 2.22 bits per heavy atom. The predicted molar refractivity (Wildman–Crippen MR) is 112 cm³/mol. The number of carbonyl (C=O) groups is 1. The molecule has 1 aromatic heterocycles. The summed E-state index contributed by atoms with van der Waals surface area (Å²) in [6, 6.07) is 0.338. The van der Waals surface area contributed by atoms with Gasteiger partial charge in [-0.05, 0) is 53.9 Å². The first kappa shape index (κ1) is 23.5. The van der Waals surface area contributed by atoms with Crippen molar-refractivity contribution >= 4 is 5.91 Å². The van der Waals surface area contributed by atoms with Crippen LogP contribution in [0.5, 0.6) is 0 Å². The molecule has 1 aliphatic heterocycles. The fourth-order valence-corrected chi connectivity index (χ4v) is 3.54. The number of hydrogen-bond acceptors (Lipinski definition) is 5. The number of hydrogen-bond donors (Lipinski definition) is 1. The molecule has 27 heavy (non-hydrogen) atoms. The van der Waals surface area contributed by atoms with Crippen molar-refractivity contribution < 1.29 is 4.79 Å². The maximum atomic E-state index is 13.0. The second-order valence-electron chi connectivity index (χ2n) is 7.69. The molecule has 0 radical (unpaired) electrons. The van der Waals surface area contributed by atoms with Crippen molar-refractivity contribution in [3.05, 3.63) is 23.3 Å². The minimum Gasteiger partial charge on any atom is -0.339 e. The molecule has 0 bridgehead atoms. The molecule has 0 unspecified atom stereocenters. The molecule has 0 aromatic carbocycles. The van der Waals surface area contributed by atoms with E-state index in [1.165, 1.54) is 6.33 Å². The van der Waals surface area contributed by atoms with Gasteiger partial charge in [0, 0.05) is 37.8 Å². The Hall–Kier alpha value is -1.53. The maximum Gasteiger partial charge on any atom is 0.257 e. The molecular weight excluding hydrogens is 338 g/mol. The molecule has 2 rings (SSSR count). The zero-order valence-corrected chi connectivity index (χ0v) is 18.4. The molecule has 2 N–H and O–H groups in total. The number of aromatic nitrogens is 2. The average Bonchev–Trinajstić information content (AvgIpc) is 2.64. The van der Waals surface area contributed by atoms with E-state index in [2.05, 4.69) is 28.7 Å². The van der Waals surface area contributed by atoms with Crippen molar-refractivity contribution in [1.29, 1.82) is 0 Å². The number of nitrogens with two attached hydrogens (primary N) is 1. The number of piperidine rings is 1. The average molecular weight is 378 g/mol. The molecule has 1 saturated heterocycles. The summed E-state index contributed by atoms with van der Waals surface area (Å²) in [6.45, 7) is 17.8. The Kier molecular flexibility index (Phi) is 9.33. The summed E-state index contributed by atoms with van der Waals surface area (Å²) in [4.78, 5) is 25.8. The first-order chi connectivity index (χ1) is 12.8. The lowest BCUT2D eigenvalue weighted by Gasteiger charge is -2.43. The smallest absolute Gasteiger partial charge is 0.257 e. The fraction of sp³-hybridized carbons (Fsp3) is 0.762. The highest BCUT2D eigenvalue weighted by Crippen LogP contribution is 2.24. The van der Waals surface area contributed by atoms with Crippen molar-refractivity contribution in [3.63, 3.8) is 0 Å². The Bertz CT molecular complexity index is 574. The lowest BCUT2D eigenvalue weighted by molar-refractivity contribution is 0.0600. The molecule has 6 heteroatoms. The van der Waals surface area contributed by atoms with Gasteiger partial charge in [-0.1, -0.05) is 13.8 Å². The summed E-state index contributed by atoms with van der Waals surface area (Å²) >= 11 is 0. The van der Waals surface area contributed by atoms with Crippen molar-refractivity contribution in [1.82, 2.24) is 19.8 Å². The minimum atomic E-state index is 0.0366. The van der Waals surface area contributed by atoms with Gasteiger partial charge in [-0.15, -0.1) is 0 Å². The van der Waals surface area contributed by atoms with Crippen LogP contribution in [-0.2, 0) is 0 Å². The number of rotatable bonds is 6. The summed E-state index contributed by atoms with van der Waals surface area (Å²) in [6.07, 6.45) is 4.56. The molecule has 1 fully saturated rings. The predicted octanol–water partition coefficient (Wildman–Crippen LogP) is 3.17. The number of likely N-dealkylation sites (tertiary alicyclic amines) is 1. The van der Waals surface area contributed by atoms with E-state index in [0.29, 0.717) is 18.2 Å². The molecular formula is C21H39N5O. The second-order valence-corrected chi connectivity index (χ2v) is 7.69. The van der Waals surface area contributed by atoms with Crippen LogP contribution in [0.1, 0.15) is 75.6 Å². The zero-order chi connectivity index (χ0) is 20.6. The molecule has 2 heterocycles. The largest absolute Gasteiger partial charge is 0.339 e. The topological polar surface area (TPSA) is 75.3 Å². The Balaban J connectivity index is 0.00000176. The highest BCUT2D eigenvalue weighted by atomic mass is 16.2. The normalized spacial score (nSPS) is 15.9. The van der Waals surface area contributed by atoms with Crippen LogP contribution in [0.4, 0.5) is 0 Å². The number of amides is 1. The first-order valence-electron chi connectivity index (χ1n) is 10.3.